The second-order valence-corrected chi connectivity index (χ2v) is 5.31. The number of nitrogens with one attached hydrogen (secondary N) is 1. The fraction of sp³-hybridized carbons (Fsp3) is 0.167. The predicted molar refractivity (Wildman–Crippen MR) is 92.1 cm³/mol. The molecule has 0 aromatic heterocycles. The molecule has 3 N–H and O–H groups in total. The zero-order chi connectivity index (χ0) is 16.7. The maximum Gasteiger partial charge on any atom is 0.408 e. The molecule has 0 aliphatic heterocycles. The van der Waals surface area contributed by atoms with Gasteiger partial charge in [0.15, 0.2) is 0 Å². The molecule has 0 spiro atoms. The Balaban J connectivity index is 1.81. The standard InChI is InChI=1S/C18H17ClN2O2/c1-13-10-15(16(19)11-17(13)20)8-5-9-21-18(22)23-12-14-6-3-2-4-7-14/h2-4,6-7,10-11H,9,12,20H2,1H3,(H,21,22). The van der Waals surface area contributed by atoms with Gasteiger partial charge in [0.05, 0.1) is 11.6 Å². The van der Waals surface area contributed by atoms with Crippen LogP contribution in [0.15, 0.2) is 42.5 Å². The number of hydrogen-bond acceptors (Lipinski definition) is 3. The molecule has 5 heteroatoms. The third kappa shape index (κ3) is 5.24. The summed E-state index contributed by atoms with van der Waals surface area (Å²) in [7, 11) is 0. The van der Waals surface area contributed by atoms with Crippen LogP contribution in [0.3, 0.4) is 0 Å². The van der Waals surface area contributed by atoms with E-state index in [4.69, 9.17) is 22.1 Å². The SMILES string of the molecule is Cc1cc(C#CCNC(=O)OCc2ccccc2)c(Cl)cc1N. The van der Waals surface area contributed by atoms with Crippen LogP contribution >= 0.6 is 11.6 Å². The number of alkyl carbamates (subject to hydrolysis) is 1. The predicted octanol–water partition coefficient (Wildman–Crippen LogP) is 3.51. The summed E-state index contributed by atoms with van der Waals surface area (Å²) in [5.41, 5.74) is 8.91. The van der Waals surface area contributed by atoms with Crippen LogP contribution in [0.4, 0.5) is 10.5 Å². The van der Waals surface area contributed by atoms with E-state index in [0.717, 1.165) is 11.1 Å². The number of ether oxygens (including phenoxy) is 1. The molecular weight excluding hydrogens is 312 g/mol. The Morgan fingerprint density at radius 3 is 2.78 bits per heavy atom. The highest BCUT2D eigenvalue weighted by Gasteiger charge is 2.02. The van der Waals surface area contributed by atoms with Crippen LogP contribution in [-0.4, -0.2) is 12.6 Å². The molecule has 4 nitrogen and oxygen atoms in total. The fourth-order valence-electron chi connectivity index (χ4n) is 1.82. The van der Waals surface area contributed by atoms with E-state index in [-0.39, 0.29) is 13.2 Å². The van der Waals surface area contributed by atoms with Gasteiger partial charge in [-0.25, -0.2) is 4.79 Å². The fourth-order valence-corrected chi connectivity index (χ4v) is 2.04. The summed E-state index contributed by atoms with van der Waals surface area (Å²) in [6.07, 6.45) is -0.511. The number of amides is 1. The van der Waals surface area contributed by atoms with Crippen molar-refractivity contribution in [1.29, 1.82) is 0 Å². The summed E-state index contributed by atoms with van der Waals surface area (Å²) in [6.45, 7) is 2.28. The van der Waals surface area contributed by atoms with Gasteiger partial charge in [0.2, 0.25) is 0 Å². The third-order valence-electron chi connectivity index (χ3n) is 3.11. The van der Waals surface area contributed by atoms with Crippen LogP contribution in [0.2, 0.25) is 5.02 Å². The zero-order valence-corrected chi connectivity index (χ0v) is 13.5. The second kappa shape index (κ2) is 8.11. The minimum Gasteiger partial charge on any atom is -0.445 e. The average Bonchev–Trinajstić information content (AvgIpc) is 2.55. The zero-order valence-electron chi connectivity index (χ0n) is 12.7. The molecule has 0 aliphatic rings. The molecule has 0 saturated heterocycles. The van der Waals surface area contributed by atoms with Crippen molar-refractivity contribution in [2.45, 2.75) is 13.5 Å². The first-order chi connectivity index (χ1) is 11.1. The van der Waals surface area contributed by atoms with Crippen molar-refractivity contribution >= 4 is 23.4 Å². The lowest BCUT2D eigenvalue weighted by molar-refractivity contribution is 0.141. The summed E-state index contributed by atoms with van der Waals surface area (Å²) < 4.78 is 5.08. The molecule has 1 amide bonds. The van der Waals surface area contributed by atoms with Gasteiger partial charge in [-0.3, -0.25) is 0 Å². The summed E-state index contributed by atoms with van der Waals surface area (Å²) >= 11 is 6.07. The van der Waals surface area contributed by atoms with Gasteiger partial charge in [0.1, 0.15) is 6.61 Å². The van der Waals surface area contributed by atoms with Gasteiger partial charge in [-0.1, -0.05) is 53.8 Å². The lowest BCUT2D eigenvalue weighted by atomic mass is 10.1. The number of benzene rings is 2. The third-order valence-corrected chi connectivity index (χ3v) is 3.43. The van der Waals surface area contributed by atoms with E-state index in [0.29, 0.717) is 16.3 Å². The highest BCUT2D eigenvalue weighted by Crippen LogP contribution is 2.21. The van der Waals surface area contributed by atoms with E-state index in [9.17, 15) is 4.79 Å². The van der Waals surface area contributed by atoms with Crippen molar-refractivity contribution < 1.29 is 9.53 Å². The first kappa shape index (κ1) is 16.7. The number of nitrogen functional groups attached to an aromatic ring is 1. The van der Waals surface area contributed by atoms with Gasteiger partial charge in [0.25, 0.3) is 0 Å². The number of hydrogen-bond donors (Lipinski definition) is 2. The molecule has 0 atom stereocenters. The van der Waals surface area contributed by atoms with Gasteiger partial charge < -0.3 is 15.8 Å². The highest BCUT2D eigenvalue weighted by molar-refractivity contribution is 6.32. The van der Waals surface area contributed by atoms with Gasteiger partial charge in [-0.05, 0) is 30.2 Å². The molecule has 23 heavy (non-hydrogen) atoms. The first-order valence-corrected chi connectivity index (χ1v) is 7.43. The first-order valence-electron chi connectivity index (χ1n) is 7.05. The molecule has 2 rings (SSSR count). The summed E-state index contributed by atoms with van der Waals surface area (Å²) in [5, 5.41) is 3.06. The van der Waals surface area contributed by atoms with Crippen LogP contribution in [0.1, 0.15) is 16.7 Å². The monoisotopic (exact) mass is 328 g/mol. The minimum atomic E-state index is -0.511. The van der Waals surface area contributed by atoms with Crippen LogP contribution in [0, 0.1) is 18.8 Å². The van der Waals surface area contributed by atoms with Gasteiger partial charge in [-0.2, -0.15) is 0 Å². The quantitative estimate of drug-likeness (QED) is 0.669. The Bertz CT molecular complexity index is 749. The Labute approximate surface area is 140 Å². The molecule has 118 valence electrons. The van der Waals surface area contributed by atoms with E-state index < -0.39 is 6.09 Å². The normalized spacial score (nSPS) is 9.65. The average molecular weight is 329 g/mol. The Hall–Kier alpha value is -2.64. The molecule has 2 aromatic carbocycles. The largest absolute Gasteiger partial charge is 0.445 e. The van der Waals surface area contributed by atoms with Crippen molar-refractivity contribution in [3.63, 3.8) is 0 Å². The van der Waals surface area contributed by atoms with Crippen LogP contribution in [-0.2, 0) is 11.3 Å². The number of carbonyl (C=O) groups excluding carboxylic acids is 1. The van der Waals surface area contributed by atoms with Crippen LogP contribution < -0.4 is 11.1 Å². The van der Waals surface area contributed by atoms with Crippen molar-refractivity contribution in [3.8, 4) is 11.8 Å². The van der Waals surface area contributed by atoms with E-state index in [1.807, 2.05) is 43.3 Å². The number of rotatable bonds is 3. The van der Waals surface area contributed by atoms with E-state index in [1.165, 1.54) is 0 Å². The van der Waals surface area contributed by atoms with Crippen molar-refractivity contribution in [1.82, 2.24) is 5.32 Å². The number of carbonyl (C=O) groups is 1. The topological polar surface area (TPSA) is 64.3 Å². The maximum atomic E-state index is 11.5. The summed E-state index contributed by atoms with van der Waals surface area (Å²) in [4.78, 5) is 11.5. The number of halogens is 1. The number of nitrogens with two attached hydrogens (primary N) is 1. The number of aryl methyl sites for hydroxylation is 1. The van der Waals surface area contributed by atoms with E-state index >= 15 is 0 Å². The Morgan fingerprint density at radius 2 is 2.04 bits per heavy atom. The number of anilines is 1. The minimum absolute atomic E-state index is 0.174. The molecule has 0 bridgehead atoms. The van der Waals surface area contributed by atoms with Crippen molar-refractivity contribution in [2.75, 3.05) is 12.3 Å². The molecule has 2 aromatic rings. The van der Waals surface area contributed by atoms with Crippen molar-refractivity contribution in [2.24, 2.45) is 0 Å². The molecule has 0 fully saturated rings. The van der Waals surface area contributed by atoms with Gasteiger partial charge in [-0.15, -0.1) is 0 Å². The van der Waals surface area contributed by atoms with E-state index in [1.54, 1.807) is 6.07 Å². The Kier molecular flexibility index (Phi) is 5.90. The smallest absolute Gasteiger partial charge is 0.408 e. The lowest BCUT2D eigenvalue weighted by Gasteiger charge is -2.04. The molecule has 0 unspecified atom stereocenters. The molecule has 0 heterocycles. The van der Waals surface area contributed by atoms with Crippen LogP contribution in [0.5, 0.6) is 0 Å². The molecule has 0 saturated carbocycles. The molecular formula is C18H17ClN2O2. The highest BCUT2D eigenvalue weighted by atomic mass is 35.5. The van der Waals surface area contributed by atoms with Gasteiger partial charge >= 0.3 is 6.09 Å². The molecule has 0 radical (unpaired) electrons. The molecule has 0 aliphatic carbocycles. The van der Waals surface area contributed by atoms with Crippen LogP contribution in [0.25, 0.3) is 0 Å². The van der Waals surface area contributed by atoms with E-state index in [2.05, 4.69) is 17.2 Å². The summed E-state index contributed by atoms with van der Waals surface area (Å²) in [6, 6.07) is 12.9. The second-order valence-electron chi connectivity index (χ2n) is 4.91. The van der Waals surface area contributed by atoms with Gasteiger partial charge in [0, 0.05) is 11.3 Å². The van der Waals surface area contributed by atoms with Crippen molar-refractivity contribution in [3.05, 3.63) is 64.2 Å². The lowest BCUT2D eigenvalue weighted by Crippen LogP contribution is -2.24. The maximum absolute atomic E-state index is 11.5. The Morgan fingerprint density at radius 1 is 1.30 bits per heavy atom. The summed E-state index contributed by atoms with van der Waals surface area (Å²) in [5.74, 6) is 5.73.